The van der Waals surface area contributed by atoms with Gasteiger partial charge in [0.15, 0.2) is 9.84 Å². The summed E-state index contributed by atoms with van der Waals surface area (Å²) >= 11 is 0. The summed E-state index contributed by atoms with van der Waals surface area (Å²) in [4.78, 5) is 3.32. The molecule has 2 N–H and O–H groups in total. The van der Waals surface area contributed by atoms with Crippen molar-refractivity contribution < 1.29 is 17.2 Å². The molecule has 2 aromatic rings. The minimum atomic E-state index is -3.80. The molecule has 0 aliphatic heterocycles. The van der Waals surface area contributed by atoms with Crippen molar-refractivity contribution >= 4 is 15.5 Å². The van der Waals surface area contributed by atoms with Crippen LogP contribution in [-0.4, -0.2) is 13.4 Å². The Labute approximate surface area is 108 Å². The third-order valence-corrected chi connectivity index (χ3v) is 4.04. The summed E-state index contributed by atoms with van der Waals surface area (Å²) in [5, 5.41) is 0. The van der Waals surface area contributed by atoms with Crippen LogP contribution in [0, 0.1) is 11.6 Å². The maximum atomic E-state index is 13.1. The molecule has 7 heteroatoms. The molecule has 0 aliphatic rings. The Balaban J connectivity index is 2.37. The second-order valence-corrected chi connectivity index (χ2v) is 5.98. The number of hydrogen-bond donors (Lipinski definition) is 1. The van der Waals surface area contributed by atoms with E-state index in [0.29, 0.717) is 0 Å². The summed E-state index contributed by atoms with van der Waals surface area (Å²) in [7, 11) is -3.80. The molecule has 0 amide bonds. The van der Waals surface area contributed by atoms with E-state index in [1.165, 1.54) is 6.20 Å². The highest BCUT2D eigenvalue weighted by Crippen LogP contribution is 2.20. The lowest BCUT2D eigenvalue weighted by molar-refractivity contribution is 0.589. The molecular formula is C12H10F2N2O2S. The molecule has 0 unspecified atom stereocenters. The predicted molar refractivity (Wildman–Crippen MR) is 65.9 cm³/mol. The number of nitrogens with two attached hydrogens (primary N) is 1. The van der Waals surface area contributed by atoms with E-state index in [2.05, 4.69) is 4.98 Å². The van der Waals surface area contributed by atoms with Crippen molar-refractivity contribution in [1.82, 2.24) is 4.98 Å². The van der Waals surface area contributed by atoms with E-state index in [4.69, 9.17) is 5.73 Å². The Morgan fingerprint density at radius 1 is 1.05 bits per heavy atom. The van der Waals surface area contributed by atoms with Crippen LogP contribution in [0.4, 0.5) is 14.5 Å². The van der Waals surface area contributed by atoms with Gasteiger partial charge in [-0.15, -0.1) is 0 Å². The lowest BCUT2D eigenvalue weighted by Crippen LogP contribution is -2.07. The molecule has 0 saturated carbocycles. The molecule has 1 aromatic heterocycles. The van der Waals surface area contributed by atoms with Gasteiger partial charge >= 0.3 is 0 Å². The highest BCUT2D eigenvalue weighted by Gasteiger charge is 2.17. The van der Waals surface area contributed by atoms with Crippen LogP contribution in [0.1, 0.15) is 5.56 Å². The normalized spacial score (nSPS) is 11.5. The van der Waals surface area contributed by atoms with E-state index >= 15 is 0 Å². The summed E-state index contributed by atoms with van der Waals surface area (Å²) in [6.45, 7) is 0. The van der Waals surface area contributed by atoms with Gasteiger partial charge in [0.1, 0.15) is 11.6 Å². The fourth-order valence-electron chi connectivity index (χ4n) is 1.60. The number of halogens is 2. The zero-order valence-corrected chi connectivity index (χ0v) is 10.5. The van der Waals surface area contributed by atoms with E-state index in [-0.39, 0.29) is 16.1 Å². The SMILES string of the molecule is Nc1cc(F)cc(S(=O)(=O)Cc2cncc(F)c2)c1. The summed E-state index contributed by atoms with van der Waals surface area (Å²) in [6.07, 6.45) is 2.21. The summed E-state index contributed by atoms with van der Waals surface area (Å²) in [5.74, 6) is -1.84. The molecule has 100 valence electrons. The third-order valence-electron chi connectivity index (χ3n) is 2.37. The van der Waals surface area contributed by atoms with Crippen LogP contribution in [0.2, 0.25) is 0 Å². The Morgan fingerprint density at radius 2 is 1.79 bits per heavy atom. The van der Waals surface area contributed by atoms with Crippen molar-refractivity contribution in [3.63, 3.8) is 0 Å². The van der Waals surface area contributed by atoms with Gasteiger partial charge in [-0.1, -0.05) is 0 Å². The van der Waals surface area contributed by atoms with Crippen molar-refractivity contribution in [2.75, 3.05) is 5.73 Å². The highest BCUT2D eigenvalue weighted by atomic mass is 32.2. The monoisotopic (exact) mass is 284 g/mol. The van der Waals surface area contributed by atoms with Crippen molar-refractivity contribution in [1.29, 1.82) is 0 Å². The topological polar surface area (TPSA) is 73.1 Å². The zero-order chi connectivity index (χ0) is 14.0. The average Bonchev–Trinajstić information content (AvgIpc) is 2.26. The largest absolute Gasteiger partial charge is 0.399 e. The number of pyridine rings is 1. The van der Waals surface area contributed by atoms with Crippen LogP contribution in [-0.2, 0) is 15.6 Å². The Morgan fingerprint density at radius 3 is 2.42 bits per heavy atom. The maximum absolute atomic E-state index is 13.1. The zero-order valence-electron chi connectivity index (χ0n) is 9.68. The molecule has 2 rings (SSSR count). The number of nitrogen functional groups attached to an aromatic ring is 1. The first-order valence-corrected chi connectivity index (χ1v) is 6.90. The predicted octanol–water partition coefficient (Wildman–Crippen LogP) is 1.92. The van der Waals surface area contributed by atoms with Crippen LogP contribution in [0.5, 0.6) is 0 Å². The summed E-state index contributed by atoms with van der Waals surface area (Å²) in [5.41, 5.74) is 5.59. The number of sulfone groups is 1. The molecule has 0 radical (unpaired) electrons. The van der Waals surface area contributed by atoms with Gasteiger partial charge in [0.05, 0.1) is 16.8 Å². The molecule has 0 fully saturated rings. The number of aromatic nitrogens is 1. The maximum Gasteiger partial charge on any atom is 0.182 e. The van der Waals surface area contributed by atoms with E-state index in [1.807, 2.05) is 0 Å². The van der Waals surface area contributed by atoms with E-state index in [9.17, 15) is 17.2 Å². The van der Waals surface area contributed by atoms with Gasteiger partial charge in [-0.2, -0.15) is 0 Å². The van der Waals surface area contributed by atoms with Crippen LogP contribution in [0.3, 0.4) is 0 Å². The summed E-state index contributed by atoms with van der Waals surface area (Å²) < 4.78 is 50.2. The number of anilines is 1. The molecule has 0 spiro atoms. The second-order valence-electron chi connectivity index (χ2n) is 3.99. The van der Waals surface area contributed by atoms with Gasteiger partial charge in [0, 0.05) is 11.9 Å². The molecule has 19 heavy (non-hydrogen) atoms. The van der Waals surface area contributed by atoms with Gasteiger partial charge in [-0.25, -0.2) is 17.2 Å². The lowest BCUT2D eigenvalue weighted by Gasteiger charge is -2.06. The van der Waals surface area contributed by atoms with Gasteiger partial charge in [-0.05, 0) is 29.8 Å². The number of rotatable bonds is 3. The highest BCUT2D eigenvalue weighted by molar-refractivity contribution is 7.90. The van der Waals surface area contributed by atoms with Crippen LogP contribution >= 0.6 is 0 Å². The van der Waals surface area contributed by atoms with Crippen LogP contribution in [0.15, 0.2) is 41.6 Å². The molecule has 0 saturated heterocycles. The van der Waals surface area contributed by atoms with Crippen molar-refractivity contribution in [2.24, 2.45) is 0 Å². The van der Waals surface area contributed by atoms with Crippen LogP contribution < -0.4 is 5.73 Å². The Kier molecular flexibility index (Phi) is 3.48. The minimum absolute atomic E-state index is 0.0101. The van der Waals surface area contributed by atoms with Gasteiger partial charge in [0.25, 0.3) is 0 Å². The molecule has 0 bridgehead atoms. The molecule has 1 heterocycles. The van der Waals surface area contributed by atoms with Gasteiger partial charge < -0.3 is 5.73 Å². The quantitative estimate of drug-likeness (QED) is 0.874. The van der Waals surface area contributed by atoms with Gasteiger partial charge in [-0.3, -0.25) is 4.98 Å². The first-order chi connectivity index (χ1) is 8.87. The van der Waals surface area contributed by atoms with Crippen molar-refractivity contribution in [3.8, 4) is 0 Å². The Bertz CT molecular complexity index is 697. The Hall–Kier alpha value is -2.02. The van der Waals surface area contributed by atoms with Gasteiger partial charge in [0.2, 0.25) is 0 Å². The number of hydrogen-bond acceptors (Lipinski definition) is 4. The molecule has 0 aliphatic carbocycles. The fourth-order valence-corrected chi connectivity index (χ4v) is 2.97. The van der Waals surface area contributed by atoms with Crippen molar-refractivity contribution in [3.05, 3.63) is 53.9 Å². The van der Waals surface area contributed by atoms with E-state index in [0.717, 1.165) is 30.5 Å². The lowest BCUT2D eigenvalue weighted by atomic mass is 10.3. The molecule has 4 nitrogen and oxygen atoms in total. The average molecular weight is 284 g/mol. The fraction of sp³-hybridized carbons (Fsp3) is 0.0833. The second kappa shape index (κ2) is 4.93. The third kappa shape index (κ3) is 3.25. The number of benzene rings is 1. The number of nitrogens with zero attached hydrogens (tertiary/aromatic N) is 1. The first-order valence-electron chi connectivity index (χ1n) is 5.25. The molecule has 0 atom stereocenters. The summed E-state index contributed by atoms with van der Waals surface area (Å²) in [6, 6.07) is 4.11. The van der Waals surface area contributed by atoms with E-state index in [1.54, 1.807) is 0 Å². The first kappa shape index (κ1) is 13.4. The van der Waals surface area contributed by atoms with Crippen LogP contribution in [0.25, 0.3) is 0 Å². The smallest absolute Gasteiger partial charge is 0.182 e. The van der Waals surface area contributed by atoms with Crippen molar-refractivity contribution in [2.45, 2.75) is 10.6 Å². The molecule has 1 aromatic carbocycles. The molecular weight excluding hydrogens is 274 g/mol. The van der Waals surface area contributed by atoms with E-state index < -0.39 is 27.2 Å². The standard InChI is InChI=1S/C12H10F2N2O2S/c13-9-2-11(15)4-12(3-9)19(17,18)7-8-1-10(14)6-16-5-8/h1-6H,7,15H2. The minimum Gasteiger partial charge on any atom is -0.399 e.